The third-order valence-electron chi connectivity index (χ3n) is 3.74. The lowest BCUT2D eigenvalue weighted by molar-refractivity contribution is 0.123. The predicted octanol–water partition coefficient (Wildman–Crippen LogP) is 2.39. The molecular formula is C14H20INO3S. The van der Waals surface area contributed by atoms with Crippen LogP contribution in [0.2, 0.25) is 0 Å². The molecule has 0 aliphatic carbocycles. The van der Waals surface area contributed by atoms with Gasteiger partial charge >= 0.3 is 0 Å². The summed E-state index contributed by atoms with van der Waals surface area (Å²) in [4.78, 5) is 0. The van der Waals surface area contributed by atoms with E-state index in [0.29, 0.717) is 19.5 Å². The maximum absolute atomic E-state index is 11.6. The standard InChI is InChI=1S/C14H20INO3S/c1-20(18,19)16-7-3-4-11(10-16)8-14(17)12-5-2-6-13(15)9-12/h2,5-6,9,11,14,17H,3-4,7-8,10H2,1H3. The van der Waals surface area contributed by atoms with E-state index in [1.54, 1.807) is 0 Å². The van der Waals surface area contributed by atoms with E-state index in [9.17, 15) is 13.5 Å². The fourth-order valence-corrected chi connectivity index (χ4v) is 4.20. The molecule has 1 aromatic rings. The smallest absolute Gasteiger partial charge is 0.211 e. The summed E-state index contributed by atoms with van der Waals surface area (Å²) in [7, 11) is -3.12. The first-order valence-electron chi connectivity index (χ1n) is 6.75. The Hall–Kier alpha value is -0.180. The third-order valence-corrected chi connectivity index (χ3v) is 5.68. The molecule has 2 unspecified atom stereocenters. The number of benzene rings is 1. The summed E-state index contributed by atoms with van der Waals surface area (Å²) in [6.45, 7) is 1.13. The lowest BCUT2D eigenvalue weighted by Crippen LogP contribution is -2.39. The number of hydrogen-bond acceptors (Lipinski definition) is 3. The molecule has 0 aromatic heterocycles. The van der Waals surface area contributed by atoms with Crippen LogP contribution >= 0.6 is 22.6 Å². The van der Waals surface area contributed by atoms with Crippen LogP contribution < -0.4 is 0 Å². The first-order valence-corrected chi connectivity index (χ1v) is 9.67. The molecule has 1 N–H and O–H groups in total. The zero-order valence-electron chi connectivity index (χ0n) is 11.5. The van der Waals surface area contributed by atoms with Gasteiger partial charge in [0.2, 0.25) is 10.0 Å². The number of nitrogens with zero attached hydrogens (tertiary/aromatic N) is 1. The molecule has 2 atom stereocenters. The van der Waals surface area contributed by atoms with E-state index in [1.165, 1.54) is 10.6 Å². The summed E-state index contributed by atoms with van der Waals surface area (Å²) in [5.74, 6) is 0.228. The van der Waals surface area contributed by atoms with Gasteiger partial charge in [0.05, 0.1) is 12.4 Å². The van der Waals surface area contributed by atoms with Crippen molar-refractivity contribution in [3.05, 3.63) is 33.4 Å². The van der Waals surface area contributed by atoms with Gasteiger partial charge in [-0.3, -0.25) is 0 Å². The molecule has 0 radical (unpaired) electrons. The molecule has 0 spiro atoms. The average molecular weight is 409 g/mol. The van der Waals surface area contributed by atoms with Crippen LogP contribution in [0, 0.1) is 9.49 Å². The van der Waals surface area contributed by atoms with Crippen molar-refractivity contribution in [2.45, 2.75) is 25.4 Å². The van der Waals surface area contributed by atoms with Gasteiger partial charge in [0.15, 0.2) is 0 Å². The summed E-state index contributed by atoms with van der Waals surface area (Å²) in [6.07, 6.45) is 3.20. The molecule has 1 aliphatic heterocycles. The zero-order valence-corrected chi connectivity index (χ0v) is 14.5. The Kier molecular flexibility index (Phi) is 5.44. The van der Waals surface area contributed by atoms with Crippen molar-refractivity contribution in [1.29, 1.82) is 0 Å². The summed E-state index contributed by atoms with van der Waals surface area (Å²) in [5.41, 5.74) is 0.911. The Balaban J connectivity index is 1.99. The third kappa shape index (κ3) is 4.41. The molecule has 4 nitrogen and oxygen atoms in total. The van der Waals surface area contributed by atoms with Crippen LogP contribution in [0.25, 0.3) is 0 Å². The lowest BCUT2D eigenvalue weighted by Gasteiger charge is -2.32. The summed E-state index contributed by atoms with van der Waals surface area (Å²) >= 11 is 2.22. The van der Waals surface area contributed by atoms with Gasteiger partial charge in [-0.1, -0.05) is 12.1 Å². The van der Waals surface area contributed by atoms with Crippen LogP contribution in [0.15, 0.2) is 24.3 Å². The van der Waals surface area contributed by atoms with Crippen LogP contribution in [0.4, 0.5) is 0 Å². The molecule has 20 heavy (non-hydrogen) atoms. The van der Waals surface area contributed by atoms with Gasteiger partial charge in [-0.25, -0.2) is 12.7 Å². The van der Waals surface area contributed by atoms with Gasteiger partial charge in [0.1, 0.15) is 0 Å². The first-order chi connectivity index (χ1) is 9.36. The monoisotopic (exact) mass is 409 g/mol. The minimum Gasteiger partial charge on any atom is -0.388 e. The van der Waals surface area contributed by atoms with Crippen LogP contribution in [0.5, 0.6) is 0 Å². The van der Waals surface area contributed by atoms with Crippen molar-refractivity contribution in [1.82, 2.24) is 4.31 Å². The first kappa shape index (κ1) is 16.2. The van der Waals surface area contributed by atoms with E-state index < -0.39 is 16.1 Å². The Labute approximate surface area is 134 Å². The minimum atomic E-state index is -3.12. The second-order valence-corrected chi connectivity index (χ2v) is 8.66. The van der Waals surface area contributed by atoms with E-state index >= 15 is 0 Å². The van der Waals surface area contributed by atoms with Crippen molar-refractivity contribution < 1.29 is 13.5 Å². The van der Waals surface area contributed by atoms with Crippen molar-refractivity contribution in [2.75, 3.05) is 19.3 Å². The van der Waals surface area contributed by atoms with Gasteiger partial charge in [0, 0.05) is 16.7 Å². The minimum absolute atomic E-state index is 0.228. The van der Waals surface area contributed by atoms with E-state index in [-0.39, 0.29) is 5.92 Å². The van der Waals surface area contributed by atoms with E-state index in [2.05, 4.69) is 22.6 Å². The summed E-state index contributed by atoms with van der Waals surface area (Å²) < 4.78 is 25.8. The zero-order chi connectivity index (χ0) is 14.8. The van der Waals surface area contributed by atoms with Gasteiger partial charge < -0.3 is 5.11 Å². The van der Waals surface area contributed by atoms with Crippen LogP contribution in [0.1, 0.15) is 30.9 Å². The summed E-state index contributed by atoms with van der Waals surface area (Å²) in [6, 6.07) is 7.82. The normalized spacial score (nSPS) is 22.6. The average Bonchev–Trinajstić information content (AvgIpc) is 2.38. The molecule has 1 fully saturated rings. The predicted molar refractivity (Wildman–Crippen MR) is 87.9 cm³/mol. The van der Waals surface area contributed by atoms with Gasteiger partial charge in [0.25, 0.3) is 0 Å². The number of rotatable bonds is 4. The molecule has 0 bridgehead atoms. The topological polar surface area (TPSA) is 57.6 Å². The second-order valence-electron chi connectivity index (χ2n) is 5.44. The van der Waals surface area contributed by atoms with Crippen molar-refractivity contribution in [3.8, 4) is 0 Å². The van der Waals surface area contributed by atoms with E-state index in [1.807, 2.05) is 24.3 Å². The summed E-state index contributed by atoms with van der Waals surface area (Å²) in [5, 5.41) is 10.3. The number of sulfonamides is 1. The molecule has 0 amide bonds. The highest BCUT2D eigenvalue weighted by Crippen LogP contribution is 2.28. The Morgan fingerprint density at radius 2 is 2.25 bits per heavy atom. The molecule has 0 saturated carbocycles. The Morgan fingerprint density at radius 3 is 2.90 bits per heavy atom. The number of aliphatic hydroxyl groups is 1. The quantitative estimate of drug-likeness (QED) is 0.778. The number of halogens is 1. The molecule has 2 rings (SSSR count). The number of piperidine rings is 1. The molecule has 6 heteroatoms. The van der Waals surface area contributed by atoms with Gasteiger partial charge in [-0.2, -0.15) is 0 Å². The number of aliphatic hydroxyl groups excluding tert-OH is 1. The SMILES string of the molecule is CS(=O)(=O)N1CCCC(CC(O)c2cccc(I)c2)C1. The Bertz CT molecular complexity index is 561. The molecule has 1 aliphatic rings. The van der Waals surface area contributed by atoms with Crippen LogP contribution in [0.3, 0.4) is 0 Å². The largest absolute Gasteiger partial charge is 0.388 e. The van der Waals surface area contributed by atoms with E-state index in [0.717, 1.165) is 22.0 Å². The van der Waals surface area contributed by atoms with Crippen LogP contribution in [-0.4, -0.2) is 37.2 Å². The highest BCUT2D eigenvalue weighted by molar-refractivity contribution is 14.1. The van der Waals surface area contributed by atoms with Crippen LogP contribution in [-0.2, 0) is 10.0 Å². The molecule has 1 aromatic carbocycles. The maximum Gasteiger partial charge on any atom is 0.211 e. The van der Waals surface area contributed by atoms with Gasteiger partial charge in [-0.15, -0.1) is 0 Å². The Morgan fingerprint density at radius 1 is 1.50 bits per heavy atom. The molecule has 1 saturated heterocycles. The van der Waals surface area contributed by atoms with E-state index in [4.69, 9.17) is 0 Å². The van der Waals surface area contributed by atoms with Crippen molar-refractivity contribution >= 4 is 32.6 Å². The molecule has 112 valence electrons. The fourth-order valence-electron chi connectivity index (χ4n) is 2.69. The highest BCUT2D eigenvalue weighted by atomic mass is 127. The lowest BCUT2D eigenvalue weighted by atomic mass is 9.91. The highest BCUT2D eigenvalue weighted by Gasteiger charge is 2.27. The van der Waals surface area contributed by atoms with Gasteiger partial charge in [-0.05, 0) is 65.5 Å². The molecular weight excluding hydrogens is 389 g/mol. The molecule has 1 heterocycles. The maximum atomic E-state index is 11.6. The van der Waals surface area contributed by atoms with Crippen molar-refractivity contribution in [2.24, 2.45) is 5.92 Å². The fraction of sp³-hybridized carbons (Fsp3) is 0.571. The second kappa shape index (κ2) is 6.72. The number of hydrogen-bond donors (Lipinski definition) is 1. The van der Waals surface area contributed by atoms with Crippen molar-refractivity contribution in [3.63, 3.8) is 0 Å².